The molecule has 0 spiro atoms. The summed E-state index contributed by atoms with van der Waals surface area (Å²) in [4.78, 5) is 15.6. The Morgan fingerprint density at radius 1 is 1.38 bits per heavy atom. The van der Waals surface area contributed by atoms with Crippen LogP contribution < -0.4 is 5.32 Å². The second-order valence-electron chi connectivity index (χ2n) is 5.46. The molecular formula is C16H14F3N3OS. The fourth-order valence-corrected chi connectivity index (χ4v) is 3.28. The normalized spacial score (nSPS) is 11.9. The maximum Gasteiger partial charge on any atom is 0.425 e. The van der Waals surface area contributed by atoms with Gasteiger partial charge >= 0.3 is 6.18 Å². The summed E-state index contributed by atoms with van der Waals surface area (Å²) >= 11 is 0.516. The molecule has 0 aliphatic rings. The molecule has 2 aromatic heterocycles. The smallest absolute Gasteiger partial charge is 0.348 e. The molecule has 1 aromatic carbocycles. The van der Waals surface area contributed by atoms with Gasteiger partial charge in [-0.25, -0.2) is 4.98 Å². The Morgan fingerprint density at radius 3 is 2.79 bits per heavy atom. The summed E-state index contributed by atoms with van der Waals surface area (Å²) in [6.45, 7) is 2.14. The maximum absolute atomic E-state index is 12.6. The van der Waals surface area contributed by atoms with E-state index in [1.165, 1.54) is 5.38 Å². The quantitative estimate of drug-likeness (QED) is 0.776. The lowest BCUT2D eigenvalue weighted by molar-refractivity contribution is -0.134. The number of thiophene rings is 1. The molecule has 0 radical (unpaired) electrons. The highest BCUT2D eigenvalue weighted by molar-refractivity contribution is 7.10. The molecule has 0 unspecified atom stereocenters. The number of nitrogens with one attached hydrogen (secondary N) is 1. The predicted molar refractivity (Wildman–Crippen MR) is 85.9 cm³/mol. The highest BCUT2D eigenvalue weighted by atomic mass is 32.1. The van der Waals surface area contributed by atoms with Gasteiger partial charge in [0.15, 0.2) is 0 Å². The number of imidazole rings is 1. The van der Waals surface area contributed by atoms with Crippen molar-refractivity contribution in [3.63, 3.8) is 0 Å². The highest BCUT2D eigenvalue weighted by Gasteiger charge is 2.33. The van der Waals surface area contributed by atoms with Gasteiger partial charge in [-0.2, -0.15) is 13.2 Å². The van der Waals surface area contributed by atoms with Gasteiger partial charge in [-0.05, 0) is 24.6 Å². The SMILES string of the molecule is Cc1ccc2ncn(C)c2c1CNC(=O)c1csc(C(F)(F)F)c1. The summed E-state index contributed by atoms with van der Waals surface area (Å²) in [5.41, 5.74) is 3.60. The van der Waals surface area contributed by atoms with E-state index in [0.717, 1.165) is 28.2 Å². The topological polar surface area (TPSA) is 46.9 Å². The van der Waals surface area contributed by atoms with Gasteiger partial charge in [-0.1, -0.05) is 6.07 Å². The van der Waals surface area contributed by atoms with Gasteiger partial charge in [0.25, 0.3) is 5.91 Å². The Bertz CT molecular complexity index is 911. The first-order valence-electron chi connectivity index (χ1n) is 7.11. The molecule has 1 N–H and O–H groups in total. The highest BCUT2D eigenvalue weighted by Crippen LogP contribution is 2.34. The van der Waals surface area contributed by atoms with Crippen LogP contribution in [0.25, 0.3) is 11.0 Å². The minimum Gasteiger partial charge on any atom is -0.348 e. The van der Waals surface area contributed by atoms with Crippen LogP contribution in [0, 0.1) is 6.92 Å². The van der Waals surface area contributed by atoms with E-state index < -0.39 is 17.0 Å². The van der Waals surface area contributed by atoms with Crippen LogP contribution in [0.4, 0.5) is 13.2 Å². The first-order valence-corrected chi connectivity index (χ1v) is 7.99. The number of carbonyl (C=O) groups is 1. The molecule has 2 heterocycles. The molecular weight excluding hydrogens is 339 g/mol. The van der Waals surface area contributed by atoms with Crippen molar-refractivity contribution < 1.29 is 18.0 Å². The Labute approximate surface area is 139 Å². The monoisotopic (exact) mass is 353 g/mol. The number of rotatable bonds is 3. The van der Waals surface area contributed by atoms with Crippen LogP contribution in [-0.2, 0) is 19.8 Å². The summed E-state index contributed by atoms with van der Waals surface area (Å²) in [6, 6.07) is 4.67. The van der Waals surface area contributed by atoms with Crippen molar-refractivity contribution in [2.45, 2.75) is 19.6 Å². The van der Waals surface area contributed by atoms with Crippen molar-refractivity contribution in [1.82, 2.24) is 14.9 Å². The van der Waals surface area contributed by atoms with Crippen LogP contribution >= 0.6 is 11.3 Å². The molecule has 8 heteroatoms. The van der Waals surface area contributed by atoms with Crippen molar-refractivity contribution in [1.29, 1.82) is 0 Å². The molecule has 24 heavy (non-hydrogen) atoms. The molecule has 3 aromatic rings. The van der Waals surface area contributed by atoms with Crippen LogP contribution in [0.1, 0.15) is 26.4 Å². The summed E-state index contributed by atoms with van der Waals surface area (Å²) in [5.74, 6) is -0.527. The number of benzene rings is 1. The van der Waals surface area contributed by atoms with Gasteiger partial charge in [0, 0.05) is 24.5 Å². The second-order valence-corrected chi connectivity index (χ2v) is 6.38. The number of aryl methyl sites for hydroxylation is 2. The maximum atomic E-state index is 12.6. The van der Waals surface area contributed by atoms with E-state index >= 15 is 0 Å². The Hall–Kier alpha value is -2.35. The van der Waals surface area contributed by atoms with E-state index in [-0.39, 0.29) is 12.1 Å². The van der Waals surface area contributed by atoms with Gasteiger partial charge in [-0.15, -0.1) is 11.3 Å². The van der Waals surface area contributed by atoms with Crippen molar-refractivity contribution in [2.24, 2.45) is 7.05 Å². The van der Waals surface area contributed by atoms with Gasteiger partial charge in [0.1, 0.15) is 4.88 Å². The molecule has 126 valence electrons. The van der Waals surface area contributed by atoms with Gasteiger partial charge in [-0.3, -0.25) is 4.79 Å². The fourth-order valence-electron chi connectivity index (χ4n) is 2.53. The third-order valence-electron chi connectivity index (χ3n) is 3.79. The minimum absolute atomic E-state index is 0.0159. The van der Waals surface area contributed by atoms with E-state index in [2.05, 4.69) is 10.3 Å². The lowest BCUT2D eigenvalue weighted by Crippen LogP contribution is -2.23. The van der Waals surface area contributed by atoms with E-state index in [9.17, 15) is 18.0 Å². The molecule has 0 atom stereocenters. The van der Waals surface area contributed by atoms with Crippen LogP contribution in [0.15, 0.2) is 29.9 Å². The summed E-state index contributed by atoms with van der Waals surface area (Å²) in [7, 11) is 1.86. The summed E-state index contributed by atoms with van der Waals surface area (Å²) in [5, 5.41) is 3.91. The third kappa shape index (κ3) is 3.01. The number of carbonyl (C=O) groups excluding carboxylic acids is 1. The molecule has 0 aliphatic carbocycles. The third-order valence-corrected chi connectivity index (χ3v) is 4.76. The average molecular weight is 353 g/mol. The number of fused-ring (bicyclic) bond motifs is 1. The number of hydrogen-bond donors (Lipinski definition) is 1. The van der Waals surface area contributed by atoms with Crippen molar-refractivity contribution in [2.75, 3.05) is 0 Å². The molecule has 0 fully saturated rings. The lowest BCUT2D eigenvalue weighted by atomic mass is 10.1. The zero-order valence-electron chi connectivity index (χ0n) is 12.9. The van der Waals surface area contributed by atoms with Crippen molar-refractivity contribution in [3.05, 3.63) is 51.5 Å². The van der Waals surface area contributed by atoms with Crippen LogP contribution in [0.3, 0.4) is 0 Å². The average Bonchev–Trinajstić information content (AvgIpc) is 3.13. The molecule has 3 rings (SSSR count). The fraction of sp³-hybridized carbons (Fsp3) is 0.250. The first kappa shape index (κ1) is 16.5. The van der Waals surface area contributed by atoms with E-state index in [0.29, 0.717) is 11.3 Å². The van der Waals surface area contributed by atoms with E-state index in [4.69, 9.17) is 0 Å². The molecule has 4 nitrogen and oxygen atoms in total. The van der Waals surface area contributed by atoms with E-state index in [1.807, 2.05) is 30.7 Å². The van der Waals surface area contributed by atoms with Gasteiger partial charge in [0.2, 0.25) is 0 Å². The van der Waals surface area contributed by atoms with Crippen LogP contribution in [-0.4, -0.2) is 15.5 Å². The molecule has 0 saturated heterocycles. The lowest BCUT2D eigenvalue weighted by Gasteiger charge is -2.10. The number of amides is 1. The van der Waals surface area contributed by atoms with Gasteiger partial charge in [0.05, 0.1) is 22.9 Å². The first-order chi connectivity index (χ1) is 11.3. The Kier molecular flexibility index (Phi) is 4.08. The van der Waals surface area contributed by atoms with Crippen molar-refractivity contribution in [3.8, 4) is 0 Å². The zero-order valence-corrected chi connectivity index (χ0v) is 13.8. The number of aromatic nitrogens is 2. The molecule has 0 bridgehead atoms. The van der Waals surface area contributed by atoms with E-state index in [1.54, 1.807) is 6.33 Å². The van der Waals surface area contributed by atoms with Crippen molar-refractivity contribution >= 4 is 28.3 Å². The molecule has 1 amide bonds. The second kappa shape index (κ2) is 5.94. The number of hydrogen-bond acceptors (Lipinski definition) is 3. The minimum atomic E-state index is -4.43. The Morgan fingerprint density at radius 2 is 2.12 bits per heavy atom. The van der Waals surface area contributed by atoms with Gasteiger partial charge < -0.3 is 9.88 Å². The number of nitrogens with zero attached hydrogens (tertiary/aromatic N) is 2. The Balaban J connectivity index is 1.81. The largest absolute Gasteiger partial charge is 0.425 e. The van der Waals surface area contributed by atoms with Crippen LogP contribution in [0.2, 0.25) is 0 Å². The molecule has 0 aliphatic heterocycles. The summed E-state index contributed by atoms with van der Waals surface area (Å²) in [6.07, 6.45) is -2.75. The van der Waals surface area contributed by atoms with Crippen LogP contribution in [0.5, 0.6) is 0 Å². The standard InChI is InChI=1S/C16H14F3N3OS/c1-9-3-4-12-14(22(2)8-21-12)11(9)6-20-15(23)10-5-13(24-7-10)16(17,18)19/h3-5,7-8H,6H2,1-2H3,(H,20,23). The zero-order chi connectivity index (χ0) is 17.5. The summed E-state index contributed by atoms with van der Waals surface area (Å²) < 4.78 is 39.7. The number of halogens is 3. The molecule has 0 saturated carbocycles. The number of alkyl halides is 3. The predicted octanol–water partition coefficient (Wildman–Crippen LogP) is 3.89.